The van der Waals surface area contributed by atoms with Gasteiger partial charge in [-0.25, -0.2) is 0 Å². The van der Waals surface area contributed by atoms with Gasteiger partial charge in [-0.05, 0) is 56.3 Å². The molecule has 0 fully saturated rings. The van der Waals surface area contributed by atoms with Crippen molar-refractivity contribution in [2.24, 2.45) is 0 Å². The number of para-hydroxylation sites is 1. The molecule has 0 aliphatic heterocycles. The van der Waals surface area contributed by atoms with Crippen LogP contribution in [0.3, 0.4) is 0 Å². The summed E-state index contributed by atoms with van der Waals surface area (Å²) in [5, 5.41) is 2.85. The van der Waals surface area contributed by atoms with E-state index in [1.807, 2.05) is 49.4 Å². The first kappa shape index (κ1) is 14.9. The standard InChI is InChI=1S/C19H17NO3/c1-13-12-18(14(2)22-13)19(21)20-15-8-10-17(11-9-15)23-16-6-4-3-5-7-16/h3-12H,1-2H3,(H,20,21). The summed E-state index contributed by atoms with van der Waals surface area (Å²) in [4.78, 5) is 12.2. The molecule has 0 spiro atoms. The topological polar surface area (TPSA) is 51.5 Å². The Labute approximate surface area is 134 Å². The largest absolute Gasteiger partial charge is 0.466 e. The number of aryl methyl sites for hydroxylation is 2. The van der Waals surface area contributed by atoms with Gasteiger partial charge in [0.05, 0.1) is 5.56 Å². The van der Waals surface area contributed by atoms with E-state index in [4.69, 9.17) is 9.15 Å². The number of benzene rings is 2. The van der Waals surface area contributed by atoms with Crippen molar-refractivity contribution in [1.29, 1.82) is 0 Å². The van der Waals surface area contributed by atoms with Gasteiger partial charge in [-0.3, -0.25) is 4.79 Å². The maximum atomic E-state index is 12.2. The molecule has 0 aliphatic carbocycles. The number of nitrogens with one attached hydrogen (secondary N) is 1. The van der Waals surface area contributed by atoms with Gasteiger partial charge in [0.1, 0.15) is 23.0 Å². The molecule has 4 nitrogen and oxygen atoms in total. The van der Waals surface area contributed by atoms with Crippen molar-refractivity contribution in [2.75, 3.05) is 5.32 Å². The van der Waals surface area contributed by atoms with E-state index in [0.29, 0.717) is 22.8 Å². The zero-order chi connectivity index (χ0) is 16.2. The van der Waals surface area contributed by atoms with E-state index >= 15 is 0 Å². The first-order chi connectivity index (χ1) is 11.1. The lowest BCUT2D eigenvalue weighted by atomic mass is 10.2. The van der Waals surface area contributed by atoms with Crippen LogP contribution in [0.5, 0.6) is 11.5 Å². The molecule has 1 aromatic heterocycles. The highest BCUT2D eigenvalue weighted by atomic mass is 16.5. The third-order valence-electron chi connectivity index (χ3n) is 3.38. The number of rotatable bonds is 4. The van der Waals surface area contributed by atoms with Gasteiger partial charge in [-0.1, -0.05) is 18.2 Å². The normalized spacial score (nSPS) is 10.3. The van der Waals surface area contributed by atoms with Gasteiger partial charge in [-0.15, -0.1) is 0 Å². The monoisotopic (exact) mass is 307 g/mol. The van der Waals surface area contributed by atoms with Crippen LogP contribution < -0.4 is 10.1 Å². The Hall–Kier alpha value is -3.01. The molecule has 0 saturated carbocycles. The Bertz CT molecular complexity index is 804. The Balaban J connectivity index is 1.68. The number of hydrogen-bond donors (Lipinski definition) is 1. The van der Waals surface area contributed by atoms with E-state index in [1.165, 1.54) is 0 Å². The van der Waals surface area contributed by atoms with Gasteiger partial charge in [0.25, 0.3) is 5.91 Å². The van der Waals surface area contributed by atoms with E-state index < -0.39 is 0 Å². The van der Waals surface area contributed by atoms with Crippen LogP contribution in [0.25, 0.3) is 0 Å². The summed E-state index contributed by atoms with van der Waals surface area (Å²) in [5.41, 5.74) is 1.25. The number of amides is 1. The minimum absolute atomic E-state index is 0.184. The lowest BCUT2D eigenvalue weighted by Crippen LogP contribution is -2.11. The Morgan fingerprint density at radius 2 is 1.61 bits per heavy atom. The molecular formula is C19H17NO3. The maximum absolute atomic E-state index is 12.2. The summed E-state index contributed by atoms with van der Waals surface area (Å²) in [7, 11) is 0. The van der Waals surface area contributed by atoms with Gasteiger partial charge >= 0.3 is 0 Å². The van der Waals surface area contributed by atoms with Gasteiger partial charge in [0, 0.05) is 5.69 Å². The van der Waals surface area contributed by atoms with Gasteiger partial charge in [0.15, 0.2) is 0 Å². The number of anilines is 1. The van der Waals surface area contributed by atoms with E-state index in [-0.39, 0.29) is 5.91 Å². The van der Waals surface area contributed by atoms with Crippen molar-refractivity contribution in [3.05, 3.63) is 77.7 Å². The molecule has 0 unspecified atom stereocenters. The van der Waals surface area contributed by atoms with E-state index in [9.17, 15) is 4.79 Å². The first-order valence-corrected chi connectivity index (χ1v) is 7.33. The van der Waals surface area contributed by atoms with Gasteiger partial charge < -0.3 is 14.5 Å². The Morgan fingerprint density at radius 1 is 0.957 bits per heavy atom. The predicted molar refractivity (Wildman–Crippen MR) is 89.1 cm³/mol. The fourth-order valence-electron chi connectivity index (χ4n) is 2.29. The molecule has 4 heteroatoms. The zero-order valence-corrected chi connectivity index (χ0v) is 13.0. The molecule has 0 bridgehead atoms. The van der Waals surface area contributed by atoms with Crippen molar-refractivity contribution >= 4 is 11.6 Å². The Kier molecular flexibility index (Phi) is 4.15. The molecule has 2 aromatic carbocycles. The fourth-order valence-corrected chi connectivity index (χ4v) is 2.29. The second kappa shape index (κ2) is 6.40. The van der Waals surface area contributed by atoms with Crippen LogP contribution in [0.1, 0.15) is 21.9 Å². The van der Waals surface area contributed by atoms with Crippen molar-refractivity contribution in [2.45, 2.75) is 13.8 Å². The molecule has 1 amide bonds. The lowest BCUT2D eigenvalue weighted by molar-refractivity contribution is 0.102. The summed E-state index contributed by atoms with van der Waals surface area (Å²) in [5.74, 6) is 2.64. The first-order valence-electron chi connectivity index (χ1n) is 7.33. The molecule has 0 radical (unpaired) electrons. The summed E-state index contributed by atoms with van der Waals surface area (Å²) >= 11 is 0. The minimum Gasteiger partial charge on any atom is -0.466 e. The molecule has 1 heterocycles. The lowest BCUT2D eigenvalue weighted by Gasteiger charge is -2.07. The smallest absolute Gasteiger partial charge is 0.259 e. The highest BCUT2D eigenvalue weighted by Gasteiger charge is 2.13. The van der Waals surface area contributed by atoms with E-state index in [1.54, 1.807) is 25.1 Å². The predicted octanol–water partition coefficient (Wildman–Crippen LogP) is 4.94. The molecule has 0 saturated heterocycles. The third-order valence-corrected chi connectivity index (χ3v) is 3.38. The Morgan fingerprint density at radius 3 is 2.22 bits per heavy atom. The second-order valence-corrected chi connectivity index (χ2v) is 5.22. The molecule has 3 rings (SSSR count). The quantitative estimate of drug-likeness (QED) is 0.742. The van der Waals surface area contributed by atoms with E-state index in [0.717, 1.165) is 11.5 Å². The number of carbonyl (C=O) groups is 1. The van der Waals surface area contributed by atoms with Crippen LogP contribution in [0.4, 0.5) is 5.69 Å². The summed E-state index contributed by atoms with van der Waals surface area (Å²) < 4.78 is 11.1. The molecule has 0 atom stereocenters. The van der Waals surface area contributed by atoms with Crippen LogP contribution in [-0.2, 0) is 0 Å². The fraction of sp³-hybridized carbons (Fsp3) is 0.105. The number of hydrogen-bond acceptors (Lipinski definition) is 3. The van der Waals surface area contributed by atoms with Crippen LogP contribution in [-0.4, -0.2) is 5.91 Å². The number of furan rings is 1. The molecule has 116 valence electrons. The molecule has 1 N–H and O–H groups in total. The molecule has 23 heavy (non-hydrogen) atoms. The molecular weight excluding hydrogens is 290 g/mol. The number of ether oxygens (including phenoxy) is 1. The van der Waals surface area contributed by atoms with Crippen molar-refractivity contribution in [3.8, 4) is 11.5 Å². The maximum Gasteiger partial charge on any atom is 0.259 e. The third kappa shape index (κ3) is 3.61. The van der Waals surface area contributed by atoms with Crippen LogP contribution in [0.15, 0.2) is 65.1 Å². The summed E-state index contributed by atoms with van der Waals surface area (Å²) in [6.45, 7) is 3.60. The number of carbonyl (C=O) groups excluding carboxylic acids is 1. The van der Waals surface area contributed by atoms with Gasteiger partial charge in [0.2, 0.25) is 0 Å². The summed E-state index contributed by atoms with van der Waals surface area (Å²) in [6, 6.07) is 18.5. The highest BCUT2D eigenvalue weighted by molar-refractivity contribution is 6.05. The van der Waals surface area contributed by atoms with Crippen LogP contribution in [0.2, 0.25) is 0 Å². The molecule has 3 aromatic rings. The van der Waals surface area contributed by atoms with Crippen molar-refractivity contribution in [3.63, 3.8) is 0 Å². The summed E-state index contributed by atoms with van der Waals surface area (Å²) in [6.07, 6.45) is 0. The van der Waals surface area contributed by atoms with Crippen LogP contribution in [0, 0.1) is 13.8 Å². The van der Waals surface area contributed by atoms with Crippen molar-refractivity contribution < 1.29 is 13.9 Å². The zero-order valence-electron chi connectivity index (χ0n) is 13.0. The highest BCUT2D eigenvalue weighted by Crippen LogP contribution is 2.23. The van der Waals surface area contributed by atoms with Crippen LogP contribution >= 0.6 is 0 Å². The van der Waals surface area contributed by atoms with Crippen molar-refractivity contribution in [1.82, 2.24) is 0 Å². The average Bonchev–Trinajstić information content (AvgIpc) is 2.89. The second-order valence-electron chi connectivity index (χ2n) is 5.22. The molecule has 0 aliphatic rings. The van der Waals surface area contributed by atoms with Gasteiger partial charge in [-0.2, -0.15) is 0 Å². The van der Waals surface area contributed by atoms with E-state index in [2.05, 4.69) is 5.32 Å². The average molecular weight is 307 g/mol. The minimum atomic E-state index is -0.184. The SMILES string of the molecule is Cc1cc(C(=O)Nc2ccc(Oc3ccccc3)cc2)c(C)o1.